The molecule has 0 atom stereocenters. The Kier molecular flexibility index (Phi) is 5.12. The second-order valence-electron chi connectivity index (χ2n) is 13.4. The molecule has 0 N–H and O–H groups in total. The molecule has 1 aliphatic carbocycles. The van der Waals surface area contributed by atoms with E-state index in [0.717, 1.165) is 0 Å². The third kappa shape index (κ3) is 3.40. The number of hydrogen-bond acceptors (Lipinski definition) is 0. The fraction of sp³-hybridized carbons (Fsp3) is 0.0667. The summed E-state index contributed by atoms with van der Waals surface area (Å²) in [6.45, 7) is 4.82. The molecule has 1 heteroatoms. The van der Waals surface area contributed by atoms with Crippen molar-refractivity contribution in [1.82, 2.24) is 4.57 Å². The molecule has 0 radical (unpaired) electrons. The Morgan fingerprint density at radius 2 is 1.09 bits per heavy atom. The van der Waals surface area contributed by atoms with Crippen LogP contribution in [0.3, 0.4) is 0 Å². The van der Waals surface area contributed by atoms with Crippen molar-refractivity contribution in [2.24, 2.45) is 0 Å². The Balaban J connectivity index is 1.39. The summed E-state index contributed by atoms with van der Waals surface area (Å²) in [7, 11) is 0. The highest BCUT2D eigenvalue weighted by atomic mass is 15.0. The van der Waals surface area contributed by atoms with Gasteiger partial charge in [-0.15, -0.1) is 0 Å². The van der Waals surface area contributed by atoms with E-state index in [1.807, 2.05) is 0 Å². The maximum atomic E-state index is 2.56. The first-order valence-corrected chi connectivity index (χ1v) is 16.2. The number of fused-ring (bicyclic) bond motifs is 12. The summed E-state index contributed by atoms with van der Waals surface area (Å²) in [6, 6.07) is 56.3. The zero-order valence-corrected chi connectivity index (χ0v) is 25.9. The van der Waals surface area contributed by atoms with Crippen molar-refractivity contribution in [1.29, 1.82) is 0 Å². The van der Waals surface area contributed by atoms with Gasteiger partial charge in [0, 0.05) is 21.9 Å². The number of rotatable bonds is 2. The van der Waals surface area contributed by atoms with Crippen LogP contribution in [0, 0.1) is 0 Å². The first kappa shape index (κ1) is 25.6. The average Bonchev–Trinajstić information content (AvgIpc) is 3.56. The lowest BCUT2D eigenvalue weighted by molar-refractivity contribution is 0.664. The lowest BCUT2D eigenvalue weighted by Gasteiger charge is -2.24. The molecule has 8 aromatic carbocycles. The molecule has 0 spiro atoms. The minimum Gasteiger partial charge on any atom is -0.309 e. The van der Waals surface area contributed by atoms with Crippen LogP contribution in [0.15, 0.2) is 152 Å². The summed E-state index contributed by atoms with van der Waals surface area (Å²) >= 11 is 0. The average molecular weight is 586 g/mol. The van der Waals surface area contributed by atoms with Crippen molar-refractivity contribution >= 4 is 54.1 Å². The van der Waals surface area contributed by atoms with E-state index in [0.29, 0.717) is 0 Å². The molecule has 1 heterocycles. The van der Waals surface area contributed by atoms with Gasteiger partial charge >= 0.3 is 0 Å². The summed E-state index contributed by atoms with van der Waals surface area (Å²) < 4.78 is 2.56. The van der Waals surface area contributed by atoms with Crippen molar-refractivity contribution in [3.05, 3.63) is 163 Å². The van der Waals surface area contributed by atoms with E-state index in [9.17, 15) is 0 Å². The Labute approximate surface area is 268 Å². The molecule has 0 saturated heterocycles. The second-order valence-corrected chi connectivity index (χ2v) is 13.4. The van der Waals surface area contributed by atoms with Crippen LogP contribution in [0.25, 0.3) is 82.1 Å². The summed E-state index contributed by atoms with van der Waals surface area (Å²) in [5, 5.41) is 10.3. The van der Waals surface area contributed by atoms with Gasteiger partial charge in [-0.3, -0.25) is 0 Å². The topological polar surface area (TPSA) is 4.93 Å². The Morgan fingerprint density at radius 3 is 1.89 bits per heavy atom. The molecule has 0 unspecified atom stereocenters. The number of nitrogens with zero attached hydrogens (tertiary/aromatic N) is 1. The summed E-state index contributed by atoms with van der Waals surface area (Å²) in [5.41, 5.74) is 11.6. The first-order chi connectivity index (χ1) is 22.6. The van der Waals surface area contributed by atoms with Crippen LogP contribution in [0.4, 0.5) is 0 Å². The molecule has 216 valence electrons. The van der Waals surface area contributed by atoms with Crippen LogP contribution >= 0.6 is 0 Å². The summed E-state index contributed by atoms with van der Waals surface area (Å²) in [6.07, 6.45) is 0. The summed E-state index contributed by atoms with van der Waals surface area (Å²) in [4.78, 5) is 0. The third-order valence-corrected chi connectivity index (χ3v) is 10.5. The molecular weight excluding hydrogens is 555 g/mol. The van der Waals surface area contributed by atoms with Crippen LogP contribution in [-0.2, 0) is 5.41 Å². The molecule has 9 aromatic rings. The summed E-state index contributed by atoms with van der Waals surface area (Å²) in [5.74, 6) is 0. The van der Waals surface area contributed by atoms with Gasteiger partial charge in [-0.1, -0.05) is 135 Å². The molecule has 0 saturated carbocycles. The normalized spacial score (nSPS) is 13.6. The highest BCUT2D eigenvalue weighted by molar-refractivity contribution is 6.27. The number of benzene rings is 8. The fourth-order valence-electron chi connectivity index (χ4n) is 8.37. The smallest absolute Gasteiger partial charge is 0.0594 e. The fourth-order valence-corrected chi connectivity index (χ4v) is 8.37. The van der Waals surface area contributed by atoms with Crippen molar-refractivity contribution in [3.8, 4) is 27.9 Å². The van der Waals surface area contributed by atoms with Crippen molar-refractivity contribution in [2.75, 3.05) is 0 Å². The Bertz CT molecular complexity index is 2720. The monoisotopic (exact) mass is 585 g/mol. The van der Waals surface area contributed by atoms with Gasteiger partial charge in [0.15, 0.2) is 0 Å². The van der Waals surface area contributed by atoms with Gasteiger partial charge in [-0.25, -0.2) is 0 Å². The minimum absolute atomic E-state index is 0.168. The van der Waals surface area contributed by atoms with Crippen molar-refractivity contribution in [2.45, 2.75) is 19.3 Å². The van der Waals surface area contributed by atoms with E-state index >= 15 is 0 Å². The van der Waals surface area contributed by atoms with Crippen molar-refractivity contribution < 1.29 is 0 Å². The predicted molar refractivity (Wildman–Crippen MR) is 196 cm³/mol. The molecule has 0 aliphatic heterocycles. The molecule has 0 fully saturated rings. The zero-order chi connectivity index (χ0) is 30.6. The van der Waals surface area contributed by atoms with Gasteiger partial charge in [-0.05, 0) is 96.0 Å². The molecule has 1 aromatic heterocycles. The minimum atomic E-state index is -0.168. The van der Waals surface area contributed by atoms with Crippen LogP contribution in [0.2, 0.25) is 0 Å². The van der Waals surface area contributed by atoms with Gasteiger partial charge in [-0.2, -0.15) is 0 Å². The molecule has 1 nitrogen and oxygen atoms in total. The molecule has 1 aliphatic rings. The largest absolute Gasteiger partial charge is 0.309 e. The lowest BCUT2D eigenvalue weighted by Crippen LogP contribution is -2.16. The van der Waals surface area contributed by atoms with Crippen molar-refractivity contribution in [3.63, 3.8) is 0 Å². The van der Waals surface area contributed by atoms with Gasteiger partial charge in [0.2, 0.25) is 0 Å². The molecule has 0 amide bonds. The Morgan fingerprint density at radius 1 is 0.478 bits per heavy atom. The first-order valence-electron chi connectivity index (χ1n) is 16.2. The van der Waals surface area contributed by atoms with Gasteiger partial charge in [0.25, 0.3) is 0 Å². The highest BCUT2D eigenvalue weighted by Gasteiger charge is 2.40. The van der Waals surface area contributed by atoms with E-state index < -0.39 is 0 Å². The SMILES string of the molecule is CC1(C)c2ccccc2-c2c1c1c(c3ccccc23)c2cc(-c3ccc4ccccc4c3)ccc2n1-c1ccc2ccccc2c1. The third-order valence-electron chi connectivity index (χ3n) is 10.5. The van der Waals surface area contributed by atoms with E-state index in [1.165, 1.54) is 93.2 Å². The number of hydrogen-bond donors (Lipinski definition) is 0. The molecule has 0 bridgehead atoms. The van der Waals surface area contributed by atoms with Gasteiger partial charge in [0.05, 0.1) is 11.0 Å². The maximum absolute atomic E-state index is 2.56. The van der Waals surface area contributed by atoms with E-state index in [2.05, 4.69) is 170 Å². The van der Waals surface area contributed by atoms with Crippen LogP contribution in [0.5, 0.6) is 0 Å². The standard InChI is InChI=1S/C45H31N/c1-45(2)39-18-10-9-17-37(39)41-35-15-7-8-16-36(35)42-38-27-33(32-20-19-28-11-3-5-13-30(28)25-32)22-24-40(38)46(44(42)43(41)45)34-23-21-29-12-4-6-14-31(29)26-34/h3-27H,1-2H3. The van der Waals surface area contributed by atoms with Crippen LogP contribution < -0.4 is 0 Å². The van der Waals surface area contributed by atoms with Gasteiger partial charge < -0.3 is 4.57 Å². The highest BCUT2D eigenvalue weighted by Crippen LogP contribution is 2.56. The van der Waals surface area contributed by atoms with E-state index in [-0.39, 0.29) is 5.41 Å². The lowest BCUT2D eigenvalue weighted by atomic mass is 9.80. The van der Waals surface area contributed by atoms with E-state index in [1.54, 1.807) is 0 Å². The number of aromatic nitrogens is 1. The van der Waals surface area contributed by atoms with Gasteiger partial charge in [0.1, 0.15) is 0 Å². The predicted octanol–water partition coefficient (Wildman–Crippen LogP) is 12.2. The molecular formula is C45H31N. The second kappa shape index (κ2) is 9.19. The molecule has 46 heavy (non-hydrogen) atoms. The van der Waals surface area contributed by atoms with Crippen LogP contribution in [0.1, 0.15) is 25.0 Å². The maximum Gasteiger partial charge on any atom is 0.0594 e. The quantitative estimate of drug-likeness (QED) is 0.190. The van der Waals surface area contributed by atoms with Crippen LogP contribution in [-0.4, -0.2) is 4.57 Å². The van der Waals surface area contributed by atoms with E-state index in [4.69, 9.17) is 0 Å². The molecule has 10 rings (SSSR count). The Hall–Kier alpha value is -5.66. The zero-order valence-electron chi connectivity index (χ0n) is 25.9.